The van der Waals surface area contributed by atoms with Crippen molar-refractivity contribution in [2.45, 2.75) is 45.6 Å². The van der Waals surface area contributed by atoms with Gasteiger partial charge in [-0.25, -0.2) is 0 Å². The number of nitrogens with zero attached hydrogens (tertiary/aromatic N) is 1. The summed E-state index contributed by atoms with van der Waals surface area (Å²) in [6, 6.07) is 8.70. The molecule has 0 aromatic heterocycles. The molecule has 1 aliphatic rings. The lowest BCUT2D eigenvalue weighted by Gasteiger charge is -2.32. The van der Waals surface area contributed by atoms with E-state index in [2.05, 4.69) is 10.6 Å². The first kappa shape index (κ1) is 19.9. The van der Waals surface area contributed by atoms with E-state index in [1.54, 1.807) is 17.0 Å². The van der Waals surface area contributed by atoms with Crippen LogP contribution in [0.3, 0.4) is 0 Å². The molecule has 1 aromatic carbocycles. The number of benzene rings is 1. The lowest BCUT2D eigenvalue weighted by Crippen LogP contribution is -2.47. The number of hydrogen-bond acceptors (Lipinski definition) is 3. The van der Waals surface area contributed by atoms with Crippen molar-refractivity contribution >= 4 is 17.7 Å². The predicted molar refractivity (Wildman–Crippen MR) is 101 cm³/mol. The first-order valence-corrected chi connectivity index (χ1v) is 9.42. The van der Waals surface area contributed by atoms with Crippen LogP contribution in [0.15, 0.2) is 30.3 Å². The number of carbonyl (C=O) groups excluding carboxylic acids is 3. The molecule has 1 aromatic rings. The van der Waals surface area contributed by atoms with Gasteiger partial charge in [0.2, 0.25) is 11.8 Å². The summed E-state index contributed by atoms with van der Waals surface area (Å²) < 4.78 is 0. The molecule has 0 radical (unpaired) electrons. The molecule has 1 aliphatic heterocycles. The summed E-state index contributed by atoms with van der Waals surface area (Å²) in [7, 11) is 0. The topological polar surface area (TPSA) is 78.5 Å². The molecule has 0 bridgehead atoms. The number of likely N-dealkylation sites (tertiary alicyclic amines) is 1. The highest BCUT2D eigenvalue weighted by atomic mass is 16.2. The van der Waals surface area contributed by atoms with Crippen molar-refractivity contribution in [3.63, 3.8) is 0 Å². The van der Waals surface area contributed by atoms with Crippen LogP contribution in [-0.4, -0.2) is 48.3 Å². The van der Waals surface area contributed by atoms with Gasteiger partial charge in [-0.05, 0) is 38.3 Å². The molecule has 1 fully saturated rings. The number of hydrogen-bond donors (Lipinski definition) is 2. The maximum Gasteiger partial charge on any atom is 0.251 e. The molecule has 0 spiro atoms. The van der Waals surface area contributed by atoms with Gasteiger partial charge in [0.1, 0.15) is 0 Å². The van der Waals surface area contributed by atoms with Crippen LogP contribution in [0.1, 0.15) is 49.9 Å². The van der Waals surface area contributed by atoms with Gasteiger partial charge in [-0.15, -0.1) is 0 Å². The minimum absolute atomic E-state index is 0.0150. The van der Waals surface area contributed by atoms with Gasteiger partial charge in [-0.2, -0.15) is 0 Å². The fraction of sp³-hybridized carbons (Fsp3) is 0.550. The van der Waals surface area contributed by atoms with Crippen LogP contribution in [0.5, 0.6) is 0 Å². The molecule has 1 saturated heterocycles. The highest BCUT2D eigenvalue weighted by Crippen LogP contribution is 2.18. The predicted octanol–water partition coefficient (Wildman–Crippen LogP) is 1.96. The van der Waals surface area contributed by atoms with Gasteiger partial charge in [0.15, 0.2) is 0 Å². The molecule has 2 rings (SSSR count). The van der Waals surface area contributed by atoms with Crippen LogP contribution in [0.25, 0.3) is 0 Å². The van der Waals surface area contributed by atoms with Crippen molar-refractivity contribution < 1.29 is 14.4 Å². The van der Waals surface area contributed by atoms with E-state index in [9.17, 15) is 14.4 Å². The summed E-state index contributed by atoms with van der Waals surface area (Å²) in [6.45, 7) is 5.66. The molecule has 6 heteroatoms. The van der Waals surface area contributed by atoms with E-state index in [4.69, 9.17) is 0 Å². The van der Waals surface area contributed by atoms with Gasteiger partial charge in [0.25, 0.3) is 5.91 Å². The molecule has 2 unspecified atom stereocenters. The number of amides is 3. The zero-order valence-corrected chi connectivity index (χ0v) is 15.7. The van der Waals surface area contributed by atoms with Crippen LogP contribution in [-0.2, 0) is 9.59 Å². The lowest BCUT2D eigenvalue weighted by molar-refractivity contribution is -0.136. The molecule has 0 saturated carbocycles. The Labute approximate surface area is 155 Å². The zero-order valence-electron chi connectivity index (χ0n) is 15.7. The quantitative estimate of drug-likeness (QED) is 0.781. The van der Waals surface area contributed by atoms with Crippen molar-refractivity contribution in [1.82, 2.24) is 15.5 Å². The molecule has 142 valence electrons. The Morgan fingerprint density at radius 2 is 1.96 bits per heavy atom. The second-order valence-electron chi connectivity index (χ2n) is 6.91. The number of piperidine rings is 1. The van der Waals surface area contributed by atoms with Crippen molar-refractivity contribution in [1.29, 1.82) is 0 Å². The largest absolute Gasteiger partial charge is 0.356 e. The van der Waals surface area contributed by atoms with E-state index in [1.807, 2.05) is 32.0 Å². The van der Waals surface area contributed by atoms with Crippen molar-refractivity contribution in [3.05, 3.63) is 35.9 Å². The molecule has 2 atom stereocenters. The fourth-order valence-electron chi connectivity index (χ4n) is 3.15. The van der Waals surface area contributed by atoms with Gasteiger partial charge < -0.3 is 15.5 Å². The van der Waals surface area contributed by atoms with E-state index in [0.717, 1.165) is 19.3 Å². The van der Waals surface area contributed by atoms with Gasteiger partial charge >= 0.3 is 0 Å². The van der Waals surface area contributed by atoms with Gasteiger partial charge in [0, 0.05) is 37.7 Å². The molecule has 26 heavy (non-hydrogen) atoms. The van der Waals surface area contributed by atoms with Crippen LogP contribution in [0, 0.1) is 5.92 Å². The van der Waals surface area contributed by atoms with E-state index in [-0.39, 0.29) is 36.1 Å². The summed E-state index contributed by atoms with van der Waals surface area (Å²) in [4.78, 5) is 38.6. The standard InChI is InChI=1S/C20H29N3O3/c1-3-11-21-19(25)17-10-7-12-23(14-17)18(24)13-15(2)22-20(26)16-8-5-4-6-9-16/h4-6,8-9,15,17H,3,7,10-14H2,1-2H3,(H,21,25)(H,22,26). The Kier molecular flexibility index (Phi) is 7.63. The second-order valence-corrected chi connectivity index (χ2v) is 6.91. The Bertz CT molecular complexity index is 618. The minimum Gasteiger partial charge on any atom is -0.356 e. The number of carbonyl (C=O) groups is 3. The molecular weight excluding hydrogens is 330 g/mol. The SMILES string of the molecule is CCCNC(=O)C1CCCN(C(=O)CC(C)NC(=O)c2ccccc2)C1. The van der Waals surface area contributed by atoms with Crippen LogP contribution in [0.2, 0.25) is 0 Å². The molecular formula is C20H29N3O3. The van der Waals surface area contributed by atoms with Crippen molar-refractivity contribution in [2.75, 3.05) is 19.6 Å². The van der Waals surface area contributed by atoms with E-state index in [0.29, 0.717) is 25.2 Å². The summed E-state index contributed by atoms with van der Waals surface area (Å²) in [5, 5.41) is 5.77. The van der Waals surface area contributed by atoms with Gasteiger partial charge in [0.05, 0.1) is 5.92 Å². The molecule has 2 N–H and O–H groups in total. The third-order valence-corrected chi connectivity index (χ3v) is 4.59. The summed E-state index contributed by atoms with van der Waals surface area (Å²) in [6.07, 6.45) is 2.79. The van der Waals surface area contributed by atoms with E-state index >= 15 is 0 Å². The Balaban J connectivity index is 1.82. The third kappa shape index (κ3) is 5.86. The normalized spacial score (nSPS) is 18.1. The summed E-state index contributed by atoms with van der Waals surface area (Å²) >= 11 is 0. The van der Waals surface area contributed by atoms with E-state index in [1.165, 1.54) is 0 Å². The Morgan fingerprint density at radius 1 is 1.23 bits per heavy atom. The second kappa shape index (κ2) is 9.94. The van der Waals surface area contributed by atoms with Crippen molar-refractivity contribution in [2.24, 2.45) is 5.92 Å². The maximum absolute atomic E-state index is 12.6. The van der Waals surface area contributed by atoms with Gasteiger partial charge in [-0.1, -0.05) is 25.1 Å². The molecule has 0 aliphatic carbocycles. The van der Waals surface area contributed by atoms with E-state index < -0.39 is 0 Å². The monoisotopic (exact) mass is 359 g/mol. The van der Waals surface area contributed by atoms with Crippen LogP contribution in [0.4, 0.5) is 0 Å². The molecule has 1 heterocycles. The van der Waals surface area contributed by atoms with Crippen LogP contribution >= 0.6 is 0 Å². The number of nitrogens with one attached hydrogen (secondary N) is 2. The average molecular weight is 359 g/mol. The van der Waals surface area contributed by atoms with Gasteiger partial charge in [-0.3, -0.25) is 14.4 Å². The smallest absolute Gasteiger partial charge is 0.251 e. The molecule has 6 nitrogen and oxygen atoms in total. The first-order valence-electron chi connectivity index (χ1n) is 9.42. The minimum atomic E-state index is -0.260. The Morgan fingerprint density at radius 3 is 2.65 bits per heavy atom. The maximum atomic E-state index is 12.6. The first-order chi connectivity index (χ1) is 12.5. The fourth-order valence-corrected chi connectivity index (χ4v) is 3.15. The highest BCUT2D eigenvalue weighted by molar-refractivity contribution is 5.94. The lowest BCUT2D eigenvalue weighted by atomic mass is 9.96. The Hall–Kier alpha value is -2.37. The summed E-state index contributed by atoms with van der Waals surface area (Å²) in [5.41, 5.74) is 0.581. The van der Waals surface area contributed by atoms with Crippen molar-refractivity contribution in [3.8, 4) is 0 Å². The molecule has 3 amide bonds. The van der Waals surface area contributed by atoms with Crippen LogP contribution < -0.4 is 10.6 Å². The third-order valence-electron chi connectivity index (χ3n) is 4.59. The zero-order chi connectivity index (χ0) is 18.9. The number of rotatable bonds is 7. The summed E-state index contributed by atoms with van der Waals surface area (Å²) in [5.74, 6) is -0.288. The average Bonchev–Trinajstić information content (AvgIpc) is 2.66. The highest BCUT2D eigenvalue weighted by Gasteiger charge is 2.28.